The van der Waals surface area contributed by atoms with E-state index in [9.17, 15) is 9.59 Å². The number of amides is 1. The highest BCUT2D eigenvalue weighted by Crippen LogP contribution is 2.41. The quantitative estimate of drug-likeness (QED) is 0.641. The van der Waals surface area contributed by atoms with Gasteiger partial charge in [0.2, 0.25) is 5.91 Å². The van der Waals surface area contributed by atoms with Crippen LogP contribution in [-0.4, -0.2) is 28.5 Å². The van der Waals surface area contributed by atoms with Gasteiger partial charge < -0.3 is 14.8 Å². The Morgan fingerprint density at radius 2 is 2.00 bits per heavy atom. The SMILES string of the molecule is C=CC(=O)N1CC[C@@](Nc2ccc3ccc(=O)n(C)c3c2)(c2c(C)cccc2Cl)C1. The lowest BCUT2D eigenvalue weighted by atomic mass is 9.85. The van der Waals surface area contributed by atoms with Crippen molar-refractivity contribution in [2.24, 2.45) is 7.05 Å². The van der Waals surface area contributed by atoms with Gasteiger partial charge in [0, 0.05) is 42.5 Å². The van der Waals surface area contributed by atoms with Crippen LogP contribution in [0.25, 0.3) is 10.9 Å². The van der Waals surface area contributed by atoms with Crippen LogP contribution in [0.1, 0.15) is 17.5 Å². The maximum absolute atomic E-state index is 12.3. The summed E-state index contributed by atoms with van der Waals surface area (Å²) in [5, 5.41) is 5.33. The molecular formula is C24H24ClN3O2. The number of carbonyl (C=O) groups is 1. The summed E-state index contributed by atoms with van der Waals surface area (Å²) in [6, 6.07) is 15.2. The number of rotatable bonds is 4. The van der Waals surface area contributed by atoms with Gasteiger partial charge in [-0.25, -0.2) is 0 Å². The molecule has 3 aromatic rings. The molecule has 1 aliphatic rings. The third kappa shape index (κ3) is 3.39. The van der Waals surface area contributed by atoms with Crippen LogP contribution in [0.5, 0.6) is 0 Å². The number of carbonyl (C=O) groups excluding carboxylic acids is 1. The molecule has 1 amide bonds. The Morgan fingerprint density at radius 3 is 2.73 bits per heavy atom. The van der Waals surface area contributed by atoms with Gasteiger partial charge in [0.05, 0.1) is 11.1 Å². The highest BCUT2D eigenvalue weighted by molar-refractivity contribution is 6.31. The number of fused-ring (bicyclic) bond motifs is 1. The molecule has 0 radical (unpaired) electrons. The summed E-state index contributed by atoms with van der Waals surface area (Å²) < 4.78 is 1.64. The van der Waals surface area contributed by atoms with Gasteiger partial charge in [-0.3, -0.25) is 9.59 Å². The molecule has 0 bridgehead atoms. The first-order valence-electron chi connectivity index (χ1n) is 9.89. The Balaban J connectivity index is 1.83. The van der Waals surface area contributed by atoms with E-state index in [1.54, 1.807) is 22.6 Å². The average molecular weight is 422 g/mol. The third-order valence-corrected chi connectivity index (χ3v) is 6.28. The van der Waals surface area contributed by atoms with Gasteiger partial charge in [0.15, 0.2) is 0 Å². The Bertz CT molecular complexity index is 1200. The number of aromatic nitrogens is 1. The van der Waals surface area contributed by atoms with E-state index < -0.39 is 5.54 Å². The molecule has 2 aromatic carbocycles. The third-order valence-electron chi connectivity index (χ3n) is 5.97. The first-order valence-corrected chi connectivity index (χ1v) is 10.3. The molecule has 0 aliphatic carbocycles. The summed E-state index contributed by atoms with van der Waals surface area (Å²) in [6.45, 7) is 6.75. The van der Waals surface area contributed by atoms with Crippen molar-refractivity contribution in [1.29, 1.82) is 0 Å². The molecule has 1 N–H and O–H groups in total. The number of hydrogen-bond acceptors (Lipinski definition) is 3. The van der Waals surface area contributed by atoms with Crippen LogP contribution in [0, 0.1) is 6.92 Å². The standard InChI is InChI=1S/C24H24ClN3O2/c1-4-21(29)28-13-12-24(15-28,23-16(2)6-5-7-19(23)25)26-18-10-8-17-9-11-22(30)27(3)20(17)14-18/h4-11,14,26H,1,12-13,15H2,2-3H3/t24-/m0/s1. The van der Waals surface area contributed by atoms with Crippen molar-refractivity contribution >= 4 is 34.1 Å². The first kappa shape index (κ1) is 20.2. The predicted molar refractivity (Wildman–Crippen MR) is 122 cm³/mol. The average Bonchev–Trinajstić information content (AvgIpc) is 3.15. The second kappa shape index (κ2) is 7.65. The van der Waals surface area contributed by atoms with Crippen molar-refractivity contribution < 1.29 is 4.79 Å². The number of likely N-dealkylation sites (tertiary alicyclic amines) is 1. The lowest BCUT2D eigenvalue weighted by Crippen LogP contribution is -2.40. The summed E-state index contributed by atoms with van der Waals surface area (Å²) in [7, 11) is 1.77. The molecule has 1 atom stereocenters. The number of nitrogens with one attached hydrogen (secondary N) is 1. The summed E-state index contributed by atoms with van der Waals surface area (Å²) in [6.07, 6.45) is 2.06. The highest BCUT2D eigenvalue weighted by Gasteiger charge is 2.43. The van der Waals surface area contributed by atoms with Crippen molar-refractivity contribution in [3.63, 3.8) is 0 Å². The molecule has 0 saturated carbocycles. The van der Waals surface area contributed by atoms with Gasteiger partial charge in [-0.15, -0.1) is 0 Å². The Morgan fingerprint density at radius 1 is 1.23 bits per heavy atom. The van der Waals surface area contributed by atoms with Crippen molar-refractivity contribution in [3.8, 4) is 0 Å². The van der Waals surface area contributed by atoms with Gasteiger partial charge in [0.1, 0.15) is 0 Å². The Labute approximate surface area is 180 Å². The molecule has 1 fully saturated rings. The molecule has 6 heteroatoms. The van der Waals surface area contributed by atoms with Crippen molar-refractivity contribution in [2.45, 2.75) is 18.9 Å². The Hall–Kier alpha value is -3.05. The highest BCUT2D eigenvalue weighted by atomic mass is 35.5. The first-order chi connectivity index (χ1) is 14.3. The topological polar surface area (TPSA) is 54.3 Å². The summed E-state index contributed by atoms with van der Waals surface area (Å²) in [5.41, 5.74) is 3.18. The van der Waals surface area contributed by atoms with Crippen LogP contribution >= 0.6 is 11.6 Å². The maximum atomic E-state index is 12.3. The molecule has 30 heavy (non-hydrogen) atoms. The van der Waals surface area contributed by atoms with Gasteiger partial charge in [-0.2, -0.15) is 0 Å². The van der Waals surface area contributed by atoms with Gasteiger partial charge in [-0.05, 0) is 54.6 Å². The van der Waals surface area contributed by atoms with Crippen LogP contribution in [0.2, 0.25) is 5.02 Å². The minimum atomic E-state index is -0.539. The number of hydrogen-bond donors (Lipinski definition) is 1. The lowest BCUT2D eigenvalue weighted by Gasteiger charge is -2.34. The monoisotopic (exact) mass is 421 g/mol. The lowest BCUT2D eigenvalue weighted by molar-refractivity contribution is -0.125. The van der Waals surface area contributed by atoms with Crippen molar-refractivity contribution in [2.75, 3.05) is 18.4 Å². The zero-order valence-corrected chi connectivity index (χ0v) is 17.9. The molecule has 1 aromatic heterocycles. The number of halogens is 1. The molecule has 4 rings (SSSR count). The summed E-state index contributed by atoms with van der Waals surface area (Å²) >= 11 is 6.66. The zero-order valence-electron chi connectivity index (χ0n) is 17.1. The van der Waals surface area contributed by atoms with E-state index in [0.29, 0.717) is 24.5 Å². The minimum absolute atomic E-state index is 0.0556. The van der Waals surface area contributed by atoms with Crippen LogP contribution in [0.15, 0.2) is 66.0 Å². The Kier molecular flexibility index (Phi) is 5.16. The molecule has 154 valence electrons. The fourth-order valence-corrected chi connectivity index (χ4v) is 4.86. The molecule has 1 aliphatic heterocycles. The van der Waals surface area contributed by atoms with E-state index in [0.717, 1.165) is 27.7 Å². The van der Waals surface area contributed by atoms with Crippen molar-refractivity contribution in [1.82, 2.24) is 9.47 Å². The number of anilines is 1. The van der Waals surface area contributed by atoms with Gasteiger partial charge in [-0.1, -0.05) is 36.4 Å². The fourth-order valence-electron chi connectivity index (χ4n) is 4.45. The summed E-state index contributed by atoms with van der Waals surface area (Å²) in [5.74, 6) is -0.0933. The smallest absolute Gasteiger partial charge is 0.250 e. The molecule has 1 saturated heterocycles. The van der Waals surface area contributed by atoms with Gasteiger partial charge >= 0.3 is 0 Å². The van der Waals surface area contributed by atoms with E-state index >= 15 is 0 Å². The molecule has 0 spiro atoms. The maximum Gasteiger partial charge on any atom is 0.250 e. The zero-order chi connectivity index (χ0) is 21.5. The van der Waals surface area contributed by atoms with Crippen LogP contribution in [0.4, 0.5) is 5.69 Å². The predicted octanol–water partition coefficient (Wildman–Crippen LogP) is 4.23. The molecular weight excluding hydrogens is 398 g/mol. The van der Waals surface area contributed by atoms with Crippen LogP contribution in [0.3, 0.4) is 0 Å². The van der Waals surface area contributed by atoms with Gasteiger partial charge in [0.25, 0.3) is 5.56 Å². The molecule has 5 nitrogen and oxygen atoms in total. The second-order valence-corrected chi connectivity index (χ2v) is 8.26. The van der Waals surface area contributed by atoms with E-state index in [1.807, 2.05) is 49.4 Å². The summed E-state index contributed by atoms with van der Waals surface area (Å²) in [4.78, 5) is 26.2. The minimum Gasteiger partial charge on any atom is -0.374 e. The largest absolute Gasteiger partial charge is 0.374 e. The molecule has 0 unspecified atom stereocenters. The van der Waals surface area contributed by atoms with E-state index in [4.69, 9.17) is 11.6 Å². The normalized spacial score (nSPS) is 18.6. The van der Waals surface area contributed by atoms with Crippen molar-refractivity contribution in [3.05, 3.63) is 87.7 Å². The van der Waals surface area contributed by atoms with E-state index in [-0.39, 0.29) is 11.5 Å². The number of nitrogens with zero attached hydrogens (tertiary/aromatic N) is 2. The number of pyridine rings is 1. The second-order valence-electron chi connectivity index (χ2n) is 7.86. The number of aryl methyl sites for hydroxylation is 2. The van der Waals surface area contributed by atoms with E-state index in [2.05, 4.69) is 11.9 Å². The molecule has 2 heterocycles. The fraction of sp³-hybridized carbons (Fsp3) is 0.250. The van der Waals surface area contributed by atoms with E-state index in [1.165, 1.54) is 6.08 Å². The van der Waals surface area contributed by atoms with Crippen LogP contribution in [-0.2, 0) is 17.4 Å². The van der Waals surface area contributed by atoms with Crippen LogP contribution < -0.4 is 10.9 Å². The number of benzene rings is 2.